The number of hydrogen-bond acceptors (Lipinski definition) is 3. The Bertz CT molecular complexity index is 375. The van der Waals surface area contributed by atoms with Gasteiger partial charge in [-0.25, -0.2) is 4.98 Å². The van der Waals surface area contributed by atoms with Gasteiger partial charge < -0.3 is 10.2 Å². The summed E-state index contributed by atoms with van der Waals surface area (Å²) < 4.78 is 0.761. The van der Waals surface area contributed by atoms with E-state index < -0.39 is 0 Å². The van der Waals surface area contributed by atoms with Crippen LogP contribution in [0.1, 0.15) is 16.9 Å². The van der Waals surface area contributed by atoms with Crippen molar-refractivity contribution in [2.75, 3.05) is 26.2 Å². The Morgan fingerprint density at radius 3 is 3.12 bits per heavy atom. The van der Waals surface area contributed by atoms with Gasteiger partial charge in [0.05, 0.1) is 0 Å². The highest BCUT2D eigenvalue weighted by atomic mass is 79.9. The molecule has 1 aromatic rings. The summed E-state index contributed by atoms with van der Waals surface area (Å²) in [6.45, 7) is 3.39. The average Bonchev–Trinajstić information content (AvgIpc) is 2.57. The lowest BCUT2D eigenvalue weighted by molar-refractivity contribution is 0.0759. The SMILES string of the molecule is O=C(c1ncccc1Br)N1CCCNCC1. The molecule has 2 heterocycles. The van der Waals surface area contributed by atoms with Crippen molar-refractivity contribution in [3.8, 4) is 0 Å². The van der Waals surface area contributed by atoms with E-state index in [-0.39, 0.29) is 5.91 Å². The molecular weight excluding hydrogens is 270 g/mol. The van der Waals surface area contributed by atoms with E-state index in [1.54, 1.807) is 6.20 Å². The number of hydrogen-bond donors (Lipinski definition) is 1. The molecule has 1 fully saturated rings. The molecule has 0 unspecified atom stereocenters. The Labute approximate surface area is 103 Å². The van der Waals surface area contributed by atoms with Crippen LogP contribution >= 0.6 is 15.9 Å². The normalized spacial score (nSPS) is 16.9. The Morgan fingerprint density at radius 1 is 1.44 bits per heavy atom. The molecule has 4 nitrogen and oxygen atoms in total. The lowest BCUT2D eigenvalue weighted by atomic mass is 10.3. The third kappa shape index (κ3) is 2.59. The largest absolute Gasteiger partial charge is 0.336 e. The number of nitrogens with one attached hydrogen (secondary N) is 1. The summed E-state index contributed by atoms with van der Waals surface area (Å²) in [5.74, 6) is 0.0103. The molecule has 2 rings (SSSR count). The Hall–Kier alpha value is -0.940. The highest BCUT2D eigenvalue weighted by Crippen LogP contribution is 2.15. The lowest BCUT2D eigenvalue weighted by Gasteiger charge is -2.19. The first kappa shape index (κ1) is 11.5. The molecule has 0 bridgehead atoms. The predicted molar refractivity (Wildman–Crippen MR) is 65.3 cm³/mol. The zero-order valence-electron chi connectivity index (χ0n) is 8.95. The fourth-order valence-electron chi connectivity index (χ4n) is 1.74. The second-order valence-electron chi connectivity index (χ2n) is 3.73. The van der Waals surface area contributed by atoms with Gasteiger partial charge in [0.15, 0.2) is 0 Å². The van der Waals surface area contributed by atoms with Gasteiger partial charge in [-0.15, -0.1) is 0 Å². The van der Waals surface area contributed by atoms with Gasteiger partial charge in [0.25, 0.3) is 5.91 Å². The molecular formula is C11H14BrN3O. The maximum Gasteiger partial charge on any atom is 0.273 e. The first-order valence-electron chi connectivity index (χ1n) is 5.39. The highest BCUT2D eigenvalue weighted by molar-refractivity contribution is 9.10. The molecule has 1 saturated heterocycles. The van der Waals surface area contributed by atoms with Crippen LogP contribution in [0.15, 0.2) is 22.8 Å². The lowest BCUT2D eigenvalue weighted by Crippen LogP contribution is -2.34. The first-order valence-corrected chi connectivity index (χ1v) is 6.19. The number of rotatable bonds is 1. The van der Waals surface area contributed by atoms with Crippen molar-refractivity contribution in [3.63, 3.8) is 0 Å². The number of aromatic nitrogens is 1. The highest BCUT2D eigenvalue weighted by Gasteiger charge is 2.19. The smallest absolute Gasteiger partial charge is 0.273 e. The van der Waals surface area contributed by atoms with E-state index in [0.717, 1.165) is 37.1 Å². The van der Waals surface area contributed by atoms with Crippen LogP contribution in [0.3, 0.4) is 0 Å². The van der Waals surface area contributed by atoms with Crippen LogP contribution in [0.25, 0.3) is 0 Å². The van der Waals surface area contributed by atoms with E-state index >= 15 is 0 Å². The molecule has 0 saturated carbocycles. The zero-order valence-corrected chi connectivity index (χ0v) is 10.5. The van der Waals surface area contributed by atoms with E-state index in [9.17, 15) is 4.79 Å². The Kier molecular flexibility index (Phi) is 3.90. The molecule has 86 valence electrons. The van der Waals surface area contributed by atoms with Gasteiger partial charge in [-0.3, -0.25) is 4.79 Å². The van der Waals surface area contributed by atoms with Crippen LogP contribution in [-0.2, 0) is 0 Å². The van der Waals surface area contributed by atoms with Gasteiger partial charge in [-0.2, -0.15) is 0 Å². The van der Waals surface area contributed by atoms with Crippen molar-refractivity contribution < 1.29 is 4.79 Å². The van der Waals surface area contributed by atoms with Gasteiger partial charge in [0.1, 0.15) is 5.69 Å². The number of nitrogens with zero attached hydrogens (tertiary/aromatic N) is 2. The van der Waals surface area contributed by atoms with Crippen LogP contribution in [0.5, 0.6) is 0 Å². The summed E-state index contributed by atoms with van der Waals surface area (Å²) in [5, 5.41) is 3.27. The summed E-state index contributed by atoms with van der Waals surface area (Å²) in [4.78, 5) is 18.2. The fraction of sp³-hybridized carbons (Fsp3) is 0.455. The van der Waals surface area contributed by atoms with E-state index in [0.29, 0.717) is 5.69 Å². The molecule has 1 N–H and O–H groups in total. The zero-order chi connectivity index (χ0) is 11.4. The predicted octanol–water partition coefficient (Wildman–Crippen LogP) is 1.28. The first-order chi connectivity index (χ1) is 7.79. The molecule has 1 aromatic heterocycles. The quantitative estimate of drug-likeness (QED) is 0.845. The summed E-state index contributed by atoms with van der Waals surface area (Å²) >= 11 is 3.36. The summed E-state index contributed by atoms with van der Waals surface area (Å²) in [6, 6.07) is 3.65. The van der Waals surface area contributed by atoms with Crippen LogP contribution in [0, 0.1) is 0 Å². The van der Waals surface area contributed by atoms with Crippen LogP contribution in [-0.4, -0.2) is 42.0 Å². The van der Waals surface area contributed by atoms with Crippen LogP contribution < -0.4 is 5.32 Å². The molecule has 16 heavy (non-hydrogen) atoms. The summed E-state index contributed by atoms with van der Waals surface area (Å²) in [5.41, 5.74) is 0.504. The third-order valence-corrected chi connectivity index (χ3v) is 3.23. The molecule has 1 aliphatic heterocycles. The molecule has 1 aliphatic rings. The van der Waals surface area contributed by atoms with E-state index in [2.05, 4.69) is 26.2 Å². The monoisotopic (exact) mass is 283 g/mol. The second-order valence-corrected chi connectivity index (χ2v) is 4.58. The van der Waals surface area contributed by atoms with Crippen molar-refractivity contribution in [2.24, 2.45) is 0 Å². The van der Waals surface area contributed by atoms with Crippen molar-refractivity contribution in [2.45, 2.75) is 6.42 Å². The van der Waals surface area contributed by atoms with Gasteiger partial charge >= 0.3 is 0 Å². The van der Waals surface area contributed by atoms with E-state index in [4.69, 9.17) is 0 Å². The Balaban J connectivity index is 2.14. The van der Waals surface area contributed by atoms with E-state index in [1.807, 2.05) is 17.0 Å². The van der Waals surface area contributed by atoms with Gasteiger partial charge in [0.2, 0.25) is 0 Å². The summed E-state index contributed by atoms with van der Waals surface area (Å²) in [6.07, 6.45) is 2.64. The molecule has 0 spiro atoms. The van der Waals surface area contributed by atoms with Crippen molar-refractivity contribution in [1.29, 1.82) is 0 Å². The number of amides is 1. The Morgan fingerprint density at radius 2 is 2.31 bits per heavy atom. The molecule has 0 atom stereocenters. The van der Waals surface area contributed by atoms with Gasteiger partial charge in [-0.05, 0) is 41.0 Å². The third-order valence-electron chi connectivity index (χ3n) is 2.59. The molecule has 1 amide bonds. The minimum absolute atomic E-state index is 0.0103. The van der Waals surface area contributed by atoms with Crippen molar-refractivity contribution >= 4 is 21.8 Å². The molecule has 0 aliphatic carbocycles. The van der Waals surface area contributed by atoms with Crippen molar-refractivity contribution in [1.82, 2.24) is 15.2 Å². The molecule has 5 heteroatoms. The molecule has 0 aromatic carbocycles. The number of pyridine rings is 1. The van der Waals surface area contributed by atoms with Crippen molar-refractivity contribution in [3.05, 3.63) is 28.5 Å². The standard InChI is InChI=1S/C11H14BrN3O/c12-9-3-1-5-14-10(9)11(16)15-7-2-4-13-6-8-15/h1,3,5,13H,2,4,6-8H2. The maximum atomic E-state index is 12.2. The maximum absolute atomic E-state index is 12.2. The topological polar surface area (TPSA) is 45.2 Å². The molecule has 0 radical (unpaired) electrons. The number of carbonyl (C=O) groups excluding carboxylic acids is 1. The van der Waals surface area contributed by atoms with E-state index in [1.165, 1.54) is 0 Å². The average molecular weight is 284 g/mol. The minimum Gasteiger partial charge on any atom is -0.336 e. The van der Waals surface area contributed by atoms with Gasteiger partial charge in [-0.1, -0.05) is 0 Å². The van der Waals surface area contributed by atoms with Crippen LogP contribution in [0.4, 0.5) is 0 Å². The number of carbonyl (C=O) groups is 1. The number of halogens is 1. The van der Waals surface area contributed by atoms with Crippen LogP contribution in [0.2, 0.25) is 0 Å². The second kappa shape index (κ2) is 5.41. The van der Waals surface area contributed by atoms with Gasteiger partial charge in [0, 0.05) is 30.3 Å². The fourth-order valence-corrected chi connectivity index (χ4v) is 2.17. The minimum atomic E-state index is 0.0103. The summed E-state index contributed by atoms with van der Waals surface area (Å²) in [7, 11) is 0.